The number of ether oxygens (including phenoxy) is 1. The molecule has 0 N–H and O–H groups in total. The van der Waals surface area contributed by atoms with E-state index in [0.717, 1.165) is 24.9 Å². The summed E-state index contributed by atoms with van der Waals surface area (Å²) >= 11 is 0. The van der Waals surface area contributed by atoms with E-state index in [9.17, 15) is 4.79 Å². The summed E-state index contributed by atoms with van der Waals surface area (Å²) in [5.74, 6) is 1.06. The van der Waals surface area contributed by atoms with Gasteiger partial charge in [-0.2, -0.15) is 5.10 Å². The van der Waals surface area contributed by atoms with Crippen molar-refractivity contribution in [3.05, 3.63) is 47.8 Å². The summed E-state index contributed by atoms with van der Waals surface area (Å²) in [6.07, 6.45) is 11.7. The summed E-state index contributed by atoms with van der Waals surface area (Å²) < 4.78 is 7.78. The average Bonchev–Trinajstić information content (AvgIpc) is 3.32. The predicted molar refractivity (Wildman–Crippen MR) is 129 cm³/mol. The van der Waals surface area contributed by atoms with Gasteiger partial charge in [-0.3, -0.25) is 4.79 Å². The number of hydrogen-bond acceptors (Lipinski definition) is 3. The first kappa shape index (κ1) is 21.4. The second kappa shape index (κ2) is 6.96. The highest BCUT2D eigenvalue weighted by atomic mass is 16.5. The first-order valence-corrected chi connectivity index (χ1v) is 13.1. The topological polar surface area (TPSA) is 44.1 Å². The monoisotopic (exact) mass is 446 g/mol. The molecule has 6 rings (SSSR count). The number of carbonyl (C=O) groups is 1. The van der Waals surface area contributed by atoms with Gasteiger partial charge >= 0.3 is 5.97 Å². The second-order valence-electron chi connectivity index (χ2n) is 12.2. The third-order valence-electron chi connectivity index (χ3n) is 10.6. The first-order valence-electron chi connectivity index (χ1n) is 13.1. The Morgan fingerprint density at radius 1 is 1.06 bits per heavy atom. The number of esters is 1. The van der Waals surface area contributed by atoms with Crippen molar-refractivity contribution in [3.63, 3.8) is 0 Å². The van der Waals surface area contributed by atoms with Crippen molar-refractivity contribution >= 4 is 5.97 Å². The van der Waals surface area contributed by atoms with Crippen molar-refractivity contribution in [2.24, 2.45) is 22.7 Å². The van der Waals surface area contributed by atoms with Crippen LogP contribution in [0.1, 0.15) is 90.3 Å². The lowest BCUT2D eigenvalue weighted by Crippen LogP contribution is -2.60. The minimum Gasteiger partial charge on any atom is -0.466 e. The van der Waals surface area contributed by atoms with E-state index in [0.29, 0.717) is 18.4 Å². The molecule has 0 saturated heterocycles. The molecule has 176 valence electrons. The number of benzene rings is 1. The van der Waals surface area contributed by atoms with E-state index in [4.69, 9.17) is 9.84 Å². The van der Waals surface area contributed by atoms with E-state index >= 15 is 0 Å². The van der Waals surface area contributed by atoms with Gasteiger partial charge in [0.15, 0.2) is 0 Å². The highest BCUT2D eigenvalue weighted by molar-refractivity contribution is 5.77. The Bertz CT molecular complexity index is 1090. The van der Waals surface area contributed by atoms with Crippen molar-refractivity contribution in [2.75, 3.05) is 6.61 Å². The standard InChI is InChI=1S/C29H38N2O2/c1-5-33-25(32)28(4)15-9-14-27(3)22(28)13-17-29-19-26(2,16-12-23(27)29)24-21(29)18-31(30-24)20-10-7-6-8-11-20/h6-8,10-11,18,22-23H,5,9,12-17,19H2,1-4H3/t22?,23?,26-,27+,28+,29+/m0/s1. The molecule has 4 nitrogen and oxygen atoms in total. The molecule has 0 amide bonds. The van der Waals surface area contributed by atoms with Crippen LogP contribution in [0, 0.1) is 22.7 Å². The lowest BCUT2D eigenvalue weighted by molar-refractivity contribution is -0.180. The molecular weight excluding hydrogens is 408 g/mol. The third kappa shape index (κ3) is 2.70. The lowest BCUT2D eigenvalue weighted by atomic mass is 9.40. The molecule has 0 radical (unpaired) electrons. The van der Waals surface area contributed by atoms with Gasteiger partial charge in [0, 0.05) is 22.6 Å². The Morgan fingerprint density at radius 2 is 1.82 bits per heavy atom. The van der Waals surface area contributed by atoms with Crippen LogP contribution in [0.5, 0.6) is 0 Å². The molecule has 1 heterocycles. The summed E-state index contributed by atoms with van der Waals surface area (Å²) in [7, 11) is 0. The van der Waals surface area contributed by atoms with Crippen LogP contribution < -0.4 is 0 Å². The van der Waals surface area contributed by atoms with Crippen LogP contribution in [0.15, 0.2) is 36.5 Å². The van der Waals surface area contributed by atoms with Crippen LogP contribution >= 0.6 is 0 Å². The Hall–Kier alpha value is -2.10. The minimum absolute atomic E-state index is 0.0431. The van der Waals surface area contributed by atoms with E-state index < -0.39 is 0 Å². The largest absolute Gasteiger partial charge is 0.466 e. The summed E-state index contributed by atoms with van der Waals surface area (Å²) in [6, 6.07) is 10.6. The molecule has 33 heavy (non-hydrogen) atoms. The summed E-state index contributed by atoms with van der Waals surface area (Å²) in [4.78, 5) is 13.2. The SMILES string of the molecule is CCOC(=O)[C@]1(C)CCC[C@@]2(C)C3CC[C@@]4(C)C[C@]3(CCC21)c1cn(-c2ccccc2)nc14. The molecule has 1 spiro atoms. The Kier molecular flexibility index (Phi) is 4.52. The molecule has 3 fully saturated rings. The summed E-state index contributed by atoms with van der Waals surface area (Å²) in [6.45, 7) is 9.61. The maximum absolute atomic E-state index is 13.2. The van der Waals surface area contributed by atoms with Crippen molar-refractivity contribution in [1.82, 2.24) is 9.78 Å². The molecule has 6 atom stereocenters. The number of hydrogen-bond donors (Lipinski definition) is 0. The van der Waals surface area contributed by atoms with Gasteiger partial charge in [-0.25, -0.2) is 4.68 Å². The fraction of sp³-hybridized carbons (Fsp3) is 0.655. The van der Waals surface area contributed by atoms with Crippen molar-refractivity contribution < 1.29 is 9.53 Å². The third-order valence-corrected chi connectivity index (χ3v) is 10.6. The zero-order chi connectivity index (χ0) is 23.1. The molecule has 4 aliphatic rings. The Morgan fingerprint density at radius 3 is 2.58 bits per heavy atom. The molecule has 0 aliphatic heterocycles. The van der Waals surface area contributed by atoms with Crippen LogP contribution in [0.4, 0.5) is 0 Å². The predicted octanol–water partition coefficient (Wildman–Crippen LogP) is 6.35. The quantitative estimate of drug-likeness (QED) is 0.516. The van der Waals surface area contributed by atoms with E-state index in [-0.39, 0.29) is 27.6 Å². The van der Waals surface area contributed by atoms with Crippen LogP contribution in [-0.2, 0) is 20.4 Å². The number of para-hydroxylation sites is 1. The zero-order valence-electron chi connectivity index (χ0n) is 20.7. The maximum atomic E-state index is 13.2. The Labute approximate surface area is 198 Å². The fourth-order valence-electron chi connectivity index (χ4n) is 9.31. The number of carbonyl (C=O) groups excluding carboxylic acids is 1. The highest BCUT2D eigenvalue weighted by Crippen LogP contribution is 2.72. The first-order chi connectivity index (χ1) is 15.8. The Balaban J connectivity index is 1.44. The smallest absolute Gasteiger partial charge is 0.312 e. The normalized spacial score (nSPS) is 41.1. The molecule has 1 aromatic carbocycles. The van der Waals surface area contributed by atoms with Gasteiger partial charge in [-0.1, -0.05) is 38.5 Å². The van der Waals surface area contributed by atoms with Crippen LogP contribution in [0.2, 0.25) is 0 Å². The molecule has 3 saturated carbocycles. The maximum Gasteiger partial charge on any atom is 0.312 e. The van der Waals surface area contributed by atoms with Gasteiger partial charge in [0.25, 0.3) is 0 Å². The zero-order valence-corrected chi connectivity index (χ0v) is 20.7. The number of aromatic nitrogens is 2. The van der Waals surface area contributed by atoms with E-state index in [1.165, 1.54) is 43.4 Å². The number of rotatable bonds is 3. The number of nitrogens with zero attached hydrogens (tertiary/aromatic N) is 2. The van der Waals surface area contributed by atoms with Crippen LogP contribution in [0.25, 0.3) is 5.69 Å². The van der Waals surface area contributed by atoms with Crippen molar-refractivity contribution in [3.8, 4) is 5.69 Å². The van der Waals surface area contributed by atoms with Gasteiger partial charge in [-0.15, -0.1) is 0 Å². The van der Waals surface area contributed by atoms with Gasteiger partial charge in [0.05, 0.1) is 23.4 Å². The van der Waals surface area contributed by atoms with E-state index in [1.54, 1.807) is 0 Å². The van der Waals surface area contributed by atoms with E-state index in [2.05, 4.69) is 62.0 Å². The van der Waals surface area contributed by atoms with Gasteiger partial charge in [0.2, 0.25) is 0 Å². The molecule has 2 unspecified atom stereocenters. The van der Waals surface area contributed by atoms with E-state index in [1.807, 2.05) is 6.92 Å². The van der Waals surface area contributed by atoms with Gasteiger partial charge in [0.1, 0.15) is 0 Å². The molecule has 1 aromatic heterocycles. The van der Waals surface area contributed by atoms with Crippen molar-refractivity contribution in [2.45, 2.75) is 89.9 Å². The number of fused-ring (bicyclic) bond motifs is 5. The van der Waals surface area contributed by atoms with Gasteiger partial charge in [-0.05, 0) is 88.2 Å². The lowest BCUT2D eigenvalue weighted by Gasteiger charge is -2.64. The molecular formula is C29H38N2O2. The fourth-order valence-corrected chi connectivity index (χ4v) is 9.31. The van der Waals surface area contributed by atoms with Gasteiger partial charge < -0.3 is 4.74 Å². The molecule has 2 aromatic rings. The van der Waals surface area contributed by atoms with Crippen molar-refractivity contribution in [1.29, 1.82) is 0 Å². The summed E-state index contributed by atoms with van der Waals surface area (Å²) in [5.41, 5.74) is 4.21. The molecule has 4 aliphatic carbocycles. The summed E-state index contributed by atoms with van der Waals surface area (Å²) in [5, 5.41) is 5.21. The minimum atomic E-state index is -0.346. The molecule has 2 bridgehead atoms. The van der Waals surface area contributed by atoms with Crippen LogP contribution in [-0.4, -0.2) is 22.4 Å². The highest BCUT2D eigenvalue weighted by Gasteiger charge is 2.68. The van der Waals surface area contributed by atoms with Crippen LogP contribution in [0.3, 0.4) is 0 Å². The second-order valence-corrected chi connectivity index (χ2v) is 12.2. The molecule has 4 heteroatoms. The average molecular weight is 447 g/mol.